The molecule has 1 aliphatic carbocycles. The molecular formula is C9H14ClN3S. The van der Waals surface area contributed by atoms with Crippen LogP contribution in [0.25, 0.3) is 0 Å². The average molecular weight is 232 g/mol. The second-order valence-corrected chi connectivity index (χ2v) is 5.52. The van der Waals surface area contributed by atoms with E-state index in [1.54, 1.807) is 0 Å². The van der Waals surface area contributed by atoms with Crippen LogP contribution in [-0.4, -0.2) is 28.1 Å². The Hall–Kier alpha value is -0.190. The fourth-order valence-electron chi connectivity index (χ4n) is 1.67. The summed E-state index contributed by atoms with van der Waals surface area (Å²) in [5.41, 5.74) is 0.910. The molecule has 2 unspecified atom stereocenters. The molecule has 3 nitrogen and oxygen atoms in total. The van der Waals surface area contributed by atoms with Crippen LogP contribution in [0.3, 0.4) is 0 Å². The van der Waals surface area contributed by atoms with Crippen molar-refractivity contribution in [3.8, 4) is 0 Å². The van der Waals surface area contributed by atoms with E-state index in [0.717, 1.165) is 35.0 Å². The lowest BCUT2D eigenvalue weighted by Crippen LogP contribution is -2.21. The molecule has 5 heteroatoms. The van der Waals surface area contributed by atoms with Crippen LogP contribution in [0, 0.1) is 11.8 Å². The van der Waals surface area contributed by atoms with Crippen LogP contribution in [0.1, 0.15) is 19.0 Å². The summed E-state index contributed by atoms with van der Waals surface area (Å²) in [6.45, 7) is 4.27. The van der Waals surface area contributed by atoms with E-state index in [2.05, 4.69) is 28.5 Å². The molecule has 1 fully saturated rings. The third-order valence-corrected chi connectivity index (χ3v) is 3.74. The van der Waals surface area contributed by atoms with Gasteiger partial charge in [-0.15, -0.1) is 5.10 Å². The lowest BCUT2D eigenvalue weighted by Gasteiger charge is -2.14. The van der Waals surface area contributed by atoms with Crippen molar-refractivity contribution in [3.63, 3.8) is 0 Å². The third kappa shape index (κ3) is 2.43. The van der Waals surface area contributed by atoms with E-state index in [4.69, 9.17) is 11.6 Å². The van der Waals surface area contributed by atoms with Crippen molar-refractivity contribution in [2.45, 2.75) is 19.9 Å². The van der Waals surface area contributed by atoms with Crippen LogP contribution in [0.15, 0.2) is 0 Å². The van der Waals surface area contributed by atoms with Gasteiger partial charge in [-0.2, -0.15) is 0 Å². The zero-order valence-electron chi connectivity index (χ0n) is 8.40. The Morgan fingerprint density at radius 2 is 2.36 bits per heavy atom. The quantitative estimate of drug-likeness (QED) is 0.796. The molecule has 2 atom stereocenters. The van der Waals surface area contributed by atoms with Gasteiger partial charge in [-0.05, 0) is 25.3 Å². The minimum Gasteiger partial charge on any atom is -0.300 e. The van der Waals surface area contributed by atoms with Crippen molar-refractivity contribution in [1.29, 1.82) is 0 Å². The summed E-state index contributed by atoms with van der Waals surface area (Å²) in [7, 11) is 2.11. The van der Waals surface area contributed by atoms with Gasteiger partial charge in [-0.3, -0.25) is 0 Å². The van der Waals surface area contributed by atoms with Gasteiger partial charge < -0.3 is 4.90 Å². The summed E-state index contributed by atoms with van der Waals surface area (Å²) in [5, 5.41) is 4.00. The second kappa shape index (κ2) is 4.13. The predicted molar refractivity (Wildman–Crippen MR) is 58.5 cm³/mol. The fraction of sp³-hybridized carbons (Fsp3) is 0.778. The summed E-state index contributed by atoms with van der Waals surface area (Å²) in [6, 6.07) is 0. The molecule has 0 spiro atoms. The fourth-order valence-corrected chi connectivity index (χ4v) is 2.28. The first kappa shape index (κ1) is 10.3. The highest BCUT2D eigenvalue weighted by Gasteiger charge is 2.33. The minimum absolute atomic E-state index is 0.723. The normalized spacial score (nSPS) is 25.7. The van der Waals surface area contributed by atoms with E-state index in [0.29, 0.717) is 0 Å². The van der Waals surface area contributed by atoms with E-state index in [1.807, 2.05) is 0 Å². The highest BCUT2D eigenvalue weighted by Crippen LogP contribution is 2.38. The lowest BCUT2D eigenvalue weighted by atomic mass is 10.3. The molecule has 0 saturated heterocycles. The maximum absolute atomic E-state index is 5.93. The number of halogens is 1. The molecule has 1 heterocycles. The topological polar surface area (TPSA) is 29.0 Å². The van der Waals surface area contributed by atoms with Crippen molar-refractivity contribution in [3.05, 3.63) is 10.0 Å². The average Bonchev–Trinajstić information content (AvgIpc) is 2.63. The second-order valence-electron chi connectivity index (χ2n) is 4.16. The summed E-state index contributed by atoms with van der Waals surface area (Å²) in [4.78, 5) is 2.27. The van der Waals surface area contributed by atoms with Crippen molar-refractivity contribution in [2.24, 2.45) is 11.8 Å². The van der Waals surface area contributed by atoms with Crippen LogP contribution in [0.4, 0.5) is 0 Å². The highest BCUT2D eigenvalue weighted by atomic mass is 35.5. The maximum Gasteiger partial charge on any atom is 0.138 e. The van der Waals surface area contributed by atoms with Crippen LogP contribution in [-0.2, 0) is 6.54 Å². The molecule has 0 bridgehead atoms. The van der Waals surface area contributed by atoms with Crippen molar-refractivity contribution in [1.82, 2.24) is 14.5 Å². The number of rotatable bonds is 4. The monoisotopic (exact) mass is 231 g/mol. The summed E-state index contributed by atoms with van der Waals surface area (Å²) in [6.07, 6.45) is 1.37. The molecule has 14 heavy (non-hydrogen) atoms. The molecular weight excluding hydrogens is 218 g/mol. The number of hydrogen-bond acceptors (Lipinski definition) is 4. The van der Waals surface area contributed by atoms with Crippen molar-refractivity contribution < 1.29 is 0 Å². The summed E-state index contributed by atoms with van der Waals surface area (Å²) < 4.78 is 4.54. The van der Waals surface area contributed by atoms with Crippen LogP contribution >= 0.6 is 23.1 Å². The molecule has 0 N–H and O–H groups in total. The van der Waals surface area contributed by atoms with E-state index in [9.17, 15) is 0 Å². The molecule has 0 amide bonds. The number of nitrogens with zero attached hydrogens (tertiary/aromatic N) is 3. The van der Waals surface area contributed by atoms with Crippen LogP contribution < -0.4 is 0 Å². The van der Waals surface area contributed by atoms with E-state index < -0.39 is 0 Å². The molecule has 1 aromatic heterocycles. The lowest BCUT2D eigenvalue weighted by molar-refractivity contribution is 0.304. The van der Waals surface area contributed by atoms with Crippen molar-refractivity contribution in [2.75, 3.05) is 13.6 Å². The SMILES string of the molecule is CC1CC1CN(C)Cc1nnsc1Cl. The molecule has 1 saturated carbocycles. The molecule has 1 aromatic rings. The van der Waals surface area contributed by atoms with E-state index in [1.165, 1.54) is 18.0 Å². The van der Waals surface area contributed by atoms with Gasteiger partial charge in [0, 0.05) is 24.6 Å². The Balaban J connectivity index is 1.82. The number of aromatic nitrogens is 2. The number of hydrogen-bond donors (Lipinski definition) is 0. The highest BCUT2D eigenvalue weighted by molar-refractivity contribution is 7.10. The van der Waals surface area contributed by atoms with Gasteiger partial charge in [0.15, 0.2) is 0 Å². The standard InChI is InChI=1S/C9H14ClN3S/c1-6-3-7(6)4-13(2)5-8-9(10)14-12-11-8/h6-7H,3-5H2,1-2H3. The third-order valence-electron chi connectivity index (χ3n) is 2.75. The molecule has 0 aromatic carbocycles. The Bertz CT molecular complexity index is 315. The molecule has 78 valence electrons. The van der Waals surface area contributed by atoms with Gasteiger partial charge in [0.1, 0.15) is 10.0 Å². The predicted octanol–water partition coefficient (Wildman–Crippen LogP) is 2.28. The molecule has 2 rings (SSSR count). The first-order chi connectivity index (χ1) is 6.66. The van der Waals surface area contributed by atoms with Crippen LogP contribution in [0.5, 0.6) is 0 Å². The van der Waals surface area contributed by atoms with Gasteiger partial charge in [0.2, 0.25) is 0 Å². The summed E-state index contributed by atoms with van der Waals surface area (Å²) in [5.74, 6) is 1.78. The maximum atomic E-state index is 5.93. The van der Waals surface area contributed by atoms with Gasteiger partial charge in [0.25, 0.3) is 0 Å². The molecule has 0 aliphatic heterocycles. The zero-order chi connectivity index (χ0) is 10.1. The van der Waals surface area contributed by atoms with E-state index >= 15 is 0 Å². The zero-order valence-corrected chi connectivity index (χ0v) is 9.98. The first-order valence-electron chi connectivity index (χ1n) is 4.82. The Kier molecular flexibility index (Phi) is 3.04. The van der Waals surface area contributed by atoms with Gasteiger partial charge in [-0.25, -0.2) is 0 Å². The minimum atomic E-state index is 0.723. The Morgan fingerprint density at radius 1 is 1.64 bits per heavy atom. The smallest absolute Gasteiger partial charge is 0.138 e. The Morgan fingerprint density at radius 3 is 2.86 bits per heavy atom. The van der Waals surface area contributed by atoms with Gasteiger partial charge >= 0.3 is 0 Å². The summed E-state index contributed by atoms with van der Waals surface area (Å²) >= 11 is 7.19. The van der Waals surface area contributed by atoms with Crippen molar-refractivity contribution >= 4 is 23.1 Å². The molecule has 1 aliphatic rings. The van der Waals surface area contributed by atoms with Gasteiger partial charge in [-0.1, -0.05) is 23.0 Å². The van der Waals surface area contributed by atoms with E-state index in [-0.39, 0.29) is 0 Å². The largest absolute Gasteiger partial charge is 0.300 e. The first-order valence-corrected chi connectivity index (χ1v) is 5.97. The van der Waals surface area contributed by atoms with Gasteiger partial charge in [0.05, 0.1) is 0 Å². The van der Waals surface area contributed by atoms with Crippen LogP contribution in [0.2, 0.25) is 4.34 Å². The molecule has 0 radical (unpaired) electrons. The Labute approximate surface area is 93.2 Å².